The second kappa shape index (κ2) is 8.52. The van der Waals surface area contributed by atoms with Crippen molar-refractivity contribution < 1.29 is 9.18 Å². The first-order valence-electron chi connectivity index (χ1n) is 13.3. The topological polar surface area (TPSA) is 87.4 Å². The van der Waals surface area contributed by atoms with E-state index in [4.69, 9.17) is 5.73 Å². The molecule has 7 nitrogen and oxygen atoms in total. The van der Waals surface area contributed by atoms with Crippen molar-refractivity contribution in [2.75, 3.05) is 49.9 Å². The smallest absolute Gasteiger partial charge is 0.251 e. The number of piperazine rings is 1. The third kappa shape index (κ3) is 4.13. The first kappa shape index (κ1) is 22.7. The number of nitrogens with two attached hydrogens (primary N) is 1. The van der Waals surface area contributed by atoms with Gasteiger partial charge in [0.2, 0.25) is 5.95 Å². The lowest BCUT2D eigenvalue weighted by molar-refractivity contribution is 0.0937. The van der Waals surface area contributed by atoms with Crippen molar-refractivity contribution in [1.82, 2.24) is 20.2 Å². The molecule has 190 valence electrons. The molecule has 7 rings (SSSR count). The molecule has 2 saturated carbocycles. The number of fused-ring (bicyclic) bond motifs is 2. The summed E-state index contributed by atoms with van der Waals surface area (Å²) in [5, 5.41) is 2.99. The number of benzene rings is 2. The quantitative estimate of drug-likeness (QED) is 0.556. The van der Waals surface area contributed by atoms with Crippen LogP contribution in [0.3, 0.4) is 0 Å². The first-order chi connectivity index (χ1) is 18.0. The summed E-state index contributed by atoms with van der Waals surface area (Å²) in [6.07, 6.45) is 4.86. The number of nitrogens with one attached hydrogen (secondary N) is 1. The molecule has 2 aromatic carbocycles. The van der Waals surface area contributed by atoms with Gasteiger partial charge in [-0.15, -0.1) is 0 Å². The van der Waals surface area contributed by atoms with Crippen LogP contribution in [0.2, 0.25) is 0 Å². The van der Waals surface area contributed by atoms with Gasteiger partial charge in [-0.3, -0.25) is 9.69 Å². The van der Waals surface area contributed by atoms with E-state index in [2.05, 4.69) is 25.1 Å². The molecule has 3 aromatic rings. The molecule has 1 saturated heterocycles. The fraction of sp³-hybridized carbons (Fsp3) is 0.414. The van der Waals surface area contributed by atoms with Gasteiger partial charge in [0.1, 0.15) is 11.4 Å². The van der Waals surface area contributed by atoms with E-state index < -0.39 is 5.95 Å². The van der Waals surface area contributed by atoms with E-state index in [-0.39, 0.29) is 22.8 Å². The summed E-state index contributed by atoms with van der Waals surface area (Å²) < 4.78 is 15.0. The molecular formula is C29H31FN6O. The molecule has 1 spiro atoms. The van der Waals surface area contributed by atoms with Crippen molar-refractivity contribution in [2.24, 2.45) is 5.92 Å². The molecule has 0 unspecified atom stereocenters. The van der Waals surface area contributed by atoms with Crippen LogP contribution < -0.4 is 16.0 Å². The third-order valence-corrected chi connectivity index (χ3v) is 8.52. The Morgan fingerprint density at radius 2 is 1.70 bits per heavy atom. The van der Waals surface area contributed by atoms with Gasteiger partial charge in [-0.25, -0.2) is 4.98 Å². The van der Waals surface area contributed by atoms with Crippen LogP contribution in [-0.4, -0.2) is 60.0 Å². The molecule has 37 heavy (non-hydrogen) atoms. The zero-order chi connectivity index (χ0) is 25.1. The maximum Gasteiger partial charge on any atom is 0.251 e. The van der Waals surface area contributed by atoms with E-state index in [0.29, 0.717) is 23.4 Å². The van der Waals surface area contributed by atoms with Crippen molar-refractivity contribution in [3.63, 3.8) is 0 Å². The van der Waals surface area contributed by atoms with Crippen LogP contribution >= 0.6 is 0 Å². The number of hydrogen-bond donors (Lipinski definition) is 2. The SMILES string of the molecule is Nc1nc(F)c(-c2ccc(N3CCN(CC4CC4)CC3)cc2)nc1-c1ccc2c(c1)C1(CC1)CNC2=O. The molecule has 0 bridgehead atoms. The van der Waals surface area contributed by atoms with Crippen LogP contribution in [0.5, 0.6) is 0 Å². The fourth-order valence-electron chi connectivity index (χ4n) is 5.87. The van der Waals surface area contributed by atoms with E-state index in [1.807, 2.05) is 42.5 Å². The maximum absolute atomic E-state index is 15.0. The summed E-state index contributed by atoms with van der Waals surface area (Å²) in [4.78, 5) is 26.0. The number of carbonyl (C=O) groups excluding carboxylic acids is 1. The number of amides is 1. The van der Waals surface area contributed by atoms with Gasteiger partial charge in [0, 0.05) is 67.1 Å². The van der Waals surface area contributed by atoms with Gasteiger partial charge >= 0.3 is 0 Å². The number of carbonyl (C=O) groups is 1. The lowest BCUT2D eigenvalue weighted by Gasteiger charge is -2.36. The van der Waals surface area contributed by atoms with Crippen LogP contribution in [-0.2, 0) is 5.41 Å². The number of nitrogen functional groups attached to an aromatic ring is 1. The Bertz CT molecular complexity index is 1370. The van der Waals surface area contributed by atoms with Gasteiger partial charge < -0.3 is 16.0 Å². The molecule has 2 aliphatic carbocycles. The maximum atomic E-state index is 15.0. The monoisotopic (exact) mass is 498 g/mol. The third-order valence-electron chi connectivity index (χ3n) is 8.52. The van der Waals surface area contributed by atoms with Gasteiger partial charge in [-0.1, -0.05) is 18.2 Å². The summed E-state index contributed by atoms with van der Waals surface area (Å²) >= 11 is 0. The van der Waals surface area contributed by atoms with Gasteiger partial charge in [-0.2, -0.15) is 9.37 Å². The van der Waals surface area contributed by atoms with Crippen LogP contribution in [0.4, 0.5) is 15.9 Å². The number of halogens is 1. The Hall–Kier alpha value is -3.52. The van der Waals surface area contributed by atoms with Crippen molar-refractivity contribution >= 4 is 17.4 Å². The first-order valence-corrected chi connectivity index (χ1v) is 13.3. The second-order valence-corrected chi connectivity index (χ2v) is 11.1. The number of aromatic nitrogens is 2. The highest BCUT2D eigenvalue weighted by Gasteiger charge is 2.49. The van der Waals surface area contributed by atoms with Crippen LogP contribution in [0.25, 0.3) is 22.5 Å². The molecular weight excluding hydrogens is 467 g/mol. The van der Waals surface area contributed by atoms with E-state index in [0.717, 1.165) is 61.8 Å². The minimum absolute atomic E-state index is 0.00349. The van der Waals surface area contributed by atoms with Crippen molar-refractivity contribution in [1.29, 1.82) is 0 Å². The standard InChI is InChI=1S/C29H31FN6O/c30-26-24(19-3-6-21(7-4-19)36-13-11-35(12-14-36)16-18-1-2-18)33-25(27(31)34-26)20-5-8-22-23(15-20)29(9-10-29)17-32-28(22)37/h3-8,15,18H,1-2,9-14,16-17H2,(H2,31,34)(H,32,37). The molecule has 0 atom stereocenters. The van der Waals surface area contributed by atoms with Crippen LogP contribution in [0.1, 0.15) is 41.6 Å². The zero-order valence-corrected chi connectivity index (χ0v) is 20.8. The summed E-state index contributed by atoms with van der Waals surface area (Å²) in [6, 6.07) is 13.5. The van der Waals surface area contributed by atoms with Crippen molar-refractivity contribution in [3.8, 4) is 22.5 Å². The number of rotatable bonds is 5. The molecule has 0 radical (unpaired) electrons. The Morgan fingerprint density at radius 3 is 2.41 bits per heavy atom. The molecule has 4 aliphatic rings. The predicted octanol–water partition coefficient (Wildman–Crippen LogP) is 3.84. The van der Waals surface area contributed by atoms with Gasteiger partial charge in [0.05, 0.1) is 0 Å². The summed E-state index contributed by atoms with van der Waals surface area (Å²) in [5.74, 6) is 0.232. The van der Waals surface area contributed by atoms with Crippen molar-refractivity contribution in [3.05, 3.63) is 59.5 Å². The highest BCUT2D eigenvalue weighted by Crippen LogP contribution is 2.51. The van der Waals surface area contributed by atoms with E-state index in [1.165, 1.54) is 19.4 Å². The molecule has 2 aliphatic heterocycles. The number of hydrogen-bond acceptors (Lipinski definition) is 6. The van der Waals surface area contributed by atoms with Gasteiger partial charge in [-0.05, 0) is 61.4 Å². The zero-order valence-electron chi connectivity index (χ0n) is 20.8. The summed E-state index contributed by atoms with van der Waals surface area (Å²) in [6.45, 7) is 6.07. The van der Waals surface area contributed by atoms with Crippen molar-refractivity contribution in [2.45, 2.75) is 31.1 Å². The highest BCUT2D eigenvalue weighted by atomic mass is 19.1. The van der Waals surface area contributed by atoms with Gasteiger partial charge in [0.15, 0.2) is 5.82 Å². The largest absolute Gasteiger partial charge is 0.382 e. The molecule has 3 N–H and O–H groups in total. The lowest BCUT2D eigenvalue weighted by atomic mass is 9.86. The normalized spacial score (nSPS) is 20.6. The molecule has 3 fully saturated rings. The van der Waals surface area contributed by atoms with E-state index in [1.54, 1.807) is 0 Å². The molecule has 3 heterocycles. The Labute approximate surface area is 215 Å². The fourth-order valence-corrected chi connectivity index (χ4v) is 5.87. The Kier molecular flexibility index (Phi) is 5.22. The average Bonchev–Trinajstić information content (AvgIpc) is 3.85. The molecule has 1 aromatic heterocycles. The summed E-state index contributed by atoms with van der Waals surface area (Å²) in [7, 11) is 0. The average molecular weight is 499 g/mol. The van der Waals surface area contributed by atoms with E-state index in [9.17, 15) is 9.18 Å². The molecule has 8 heteroatoms. The minimum atomic E-state index is -0.682. The molecule has 1 amide bonds. The summed E-state index contributed by atoms with van der Waals surface area (Å²) in [5.41, 5.74) is 11.1. The van der Waals surface area contributed by atoms with Gasteiger partial charge in [0.25, 0.3) is 5.91 Å². The van der Waals surface area contributed by atoms with Crippen LogP contribution in [0, 0.1) is 11.9 Å². The Balaban J connectivity index is 1.15. The van der Waals surface area contributed by atoms with Crippen LogP contribution in [0.15, 0.2) is 42.5 Å². The highest BCUT2D eigenvalue weighted by molar-refractivity contribution is 5.98. The second-order valence-electron chi connectivity index (χ2n) is 11.1. The predicted molar refractivity (Wildman–Crippen MR) is 142 cm³/mol. The minimum Gasteiger partial charge on any atom is -0.382 e. The number of nitrogens with zero attached hydrogens (tertiary/aromatic N) is 4. The number of anilines is 2. The lowest BCUT2D eigenvalue weighted by Crippen LogP contribution is -2.47. The Morgan fingerprint density at radius 1 is 0.973 bits per heavy atom. The van der Waals surface area contributed by atoms with E-state index >= 15 is 0 Å².